The molecule has 2 saturated heterocycles. The molecule has 0 spiro atoms. The standard InChI is InChI=1S/C36H34F2N2O3/c37-31-15-11-28(12-16-31)36(43,29-13-17-32(38)18-14-29)30-19-22-39(23-20-30)33(41)25-40-24-21-35(34(40)42,26-7-3-1-4-8-26)27-9-5-2-6-10-27/h1-18,30,43H,19-25H2. The van der Waals surface area contributed by atoms with E-state index >= 15 is 0 Å². The van der Waals surface area contributed by atoms with E-state index in [0.717, 1.165) is 11.1 Å². The molecule has 0 aliphatic carbocycles. The maximum absolute atomic E-state index is 14.1. The molecule has 0 aromatic heterocycles. The lowest BCUT2D eigenvalue weighted by molar-refractivity contribution is -0.141. The number of carbonyl (C=O) groups excluding carboxylic acids is 2. The lowest BCUT2D eigenvalue weighted by atomic mass is 9.72. The number of rotatable bonds is 7. The number of aliphatic hydroxyl groups is 1. The topological polar surface area (TPSA) is 60.9 Å². The fourth-order valence-corrected chi connectivity index (χ4v) is 6.94. The number of likely N-dealkylation sites (tertiary alicyclic amines) is 2. The molecule has 2 aliphatic heterocycles. The van der Waals surface area contributed by atoms with Gasteiger partial charge in [-0.2, -0.15) is 0 Å². The van der Waals surface area contributed by atoms with E-state index < -0.39 is 22.7 Å². The van der Waals surface area contributed by atoms with E-state index in [1.807, 2.05) is 60.7 Å². The van der Waals surface area contributed by atoms with Gasteiger partial charge in [-0.25, -0.2) is 8.78 Å². The van der Waals surface area contributed by atoms with Gasteiger partial charge >= 0.3 is 0 Å². The summed E-state index contributed by atoms with van der Waals surface area (Å²) < 4.78 is 27.5. The summed E-state index contributed by atoms with van der Waals surface area (Å²) in [6.07, 6.45) is 1.56. The highest BCUT2D eigenvalue weighted by Gasteiger charge is 2.50. The van der Waals surface area contributed by atoms with Crippen LogP contribution in [0.15, 0.2) is 109 Å². The fraction of sp³-hybridized carbons (Fsp3) is 0.278. The molecule has 220 valence electrons. The van der Waals surface area contributed by atoms with E-state index in [-0.39, 0.29) is 24.3 Å². The van der Waals surface area contributed by atoms with E-state index in [2.05, 4.69) is 0 Å². The maximum Gasteiger partial charge on any atom is 0.242 e. The Labute approximate surface area is 250 Å². The quantitative estimate of drug-likeness (QED) is 0.307. The Balaban J connectivity index is 1.18. The van der Waals surface area contributed by atoms with Crippen molar-refractivity contribution in [2.45, 2.75) is 30.3 Å². The van der Waals surface area contributed by atoms with Crippen LogP contribution in [0.25, 0.3) is 0 Å². The van der Waals surface area contributed by atoms with Crippen LogP contribution in [0, 0.1) is 17.6 Å². The molecule has 5 nitrogen and oxygen atoms in total. The number of halogens is 2. The molecule has 0 bridgehead atoms. The Morgan fingerprint density at radius 2 is 1.21 bits per heavy atom. The second kappa shape index (κ2) is 11.7. The smallest absolute Gasteiger partial charge is 0.242 e. The highest BCUT2D eigenvalue weighted by Crippen LogP contribution is 2.43. The molecular formula is C36H34F2N2O3. The molecule has 2 fully saturated rings. The molecule has 1 N–H and O–H groups in total. The number of nitrogens with zero attached hydrogens (tertiary/aromatic N) is 2. The van der Waals surface area contributed by atoms with Crippen molar-refractivity contribution in [2.24, 2.45) is 5.92 Å². The third kappa shape index (κ3) is 5.23. The van der Waals surface area contributed by atoms with Gasteiger partial charge < -0.3 is 14.9 Å². The van der Waals surface area contributed by atoms with Gasteiger partial charge in [0, 0.05) is 19.6 Å². The average molecular weight is 581 g/mol. The van der Waals surface area contributed by atoms with Gasteiger partial charge in [0.15, 0.2) is 0 Å². The SMILES string of the molecule is O=C(CN1CCC(c2ccccc2)(c2ccccc2)C1=O)N1CCC(C(O)(c2ccc(F)cc2)c2ccc(F)cc2)CC1. The van der Waals surface area contributed by atoms with Gasteiger partial charge in [0.25, 0.3) is 0 Å². The highest BCUT2D eigenvalue weighted by atomic mass is 19.1. The Bertz CT molecular complexity index is 1480. The van der Waals surface area contributed by atoms with E-state index in [1.54, 1.807) is 34.1 Å². The van der Waals surface area contributed by atoms with E-state index in [9.17, 15) is 23.5 Å². The highest BCUT2D eigenvalue weighted by molar-refractivity contribution is 5.96. The van der Waals surface area contributed by atoms with Crippen LogP contribution in [0.2, 0.25) is 0 Å². The fourth-order valence-electron chi connectivity index (χ4n) is 6.94. The van der Waals surface area contributed by atoms with Crippen LogP contribution in [-0.2, 0) is 20.6 Å². The van der Waals surface area contributed by atoms with E-state index in [1.165, 1.54) is 24.3 Å². The predicted octanol–water partition coefficient (Wildman–Crippen LogP) is 5.66. The van der Waals surface area contributed by atoms with Crippen molar-refractivity contribution >= 4 is 11.8 Å². The predicted molar refractivity (Wildman–Crippen MR) is 160 cm³/mol. The Morgan fingerprint density at radius 3 is 1.67 bits per heavy atom. The van der Waals surface area contributed by atoms with E-state index in [0.29, 0.717) is 50.0 Å². The second-order valence-corrected chi connectivity index (χ2v) is 11.5. The monoisotopic (exact) mass is 580 g/mol. The first-order chi connectivity index (χ1) is 20.8. The van der Waals surface area contributed by atoms with Crippen LogP contribution < -0.4 is 0 Å². The van der Waals surface area contributed by atoms with Gasteiger partial charge in [0.2, 0.25) is 11.8 Å². The number of carbonyl (C=O) groups is 2. The van der Waals surface area contributed by atoms with Crippen molar-refractivity contribution in [3.05, 3.63) is 143 Å². The Hall–Kier alpha value is -4.36. The van der Waals surface area contributed by atoms with Crippen molar-refractivity contribution < 1.29 is 23.5 Å². The minimum Gasteiger partial charge on any atom is -0.380 e. The van der Waals surface area contributed by atoms with Crippen LogP contribution in [0.4, 0.5) is 8.78 Å². The molecule has 0 atom stereocenters. The first kappa shape index (κ1) is 28.7. The largest absolute Gasteiger partial charge is 0.380 e. The second-order valence-electron chi connectivity index (χ2n) is 11.5. The van der Waals surface area contributed by atoms with Gasteiger partial charge in [-0.15, -0.1) is 0 Å². The molecule has 6 rings (SSSR count). The number of amides is 2. The van der Waals surface area contributed by atoms with Gasteiger partial charge in [-0.1, -0.05) is 84.9 Å². The zero-order chi connectivity index (χ0) is 30.0. The maximum atomic E-state index is 14.1. The lowest BCUT2D eigenvalue weighted by Gasteiger charge is -2.42. The van der Waals surface area contributed by atoms with Crippen LogP contribution >= 0.6 is 0 Å². The van der Waals surface area contributed by atoms with Gasteiger partial charge in [-0.05, 0) is 71.7 Å². The molecule has 4 aromatic carbocycles. The van der Waals surface area contributed by atoms with Crippen LogP contribution in [0.1, 0.15) is 41.5 Å². The first-order valence-corrected chi connectivity index (χ1v) is 14.7. The number of piperidine rings is 1. The molecule has 2 heterocycles. The normalized spacial score (nSPS) is 17.3. The number of hydrogen-bond acceptors (Lipinski definition) is 3. The van der Waals surface area contributed by atoms with Gasteiger partial charge in [-0.3, -0.25) is 9.59 Å². The Morgan fingerprint density at radius 1 is 0.744 bits per heavy atom. The molecule has 43 heavy (non-hydrogen) atoms. The lowest BCUT2D eigenvalue weighted by Crippen LogP contribution is -2.49. The minimum absolute atomic E-state index is 0.00882. The van der Waals surface area contributed by atoms with Crippen LogP contribution in [0.5, 0.6) is 0 Å². The summed E-state index contributed by atoms with van der Waals surface area (Å²) in [5, 5.41) is 12.1. The summed E-state index contributed by atoms with van der Waals surface area (Å²) in [4.78, 5) is 31.0. The van der Waals surface area contributed by atoms with Gasteiger partial charge in [0.1, 0.15) is 22.7 Å². The summed E-state index contributed by atoms with van der Waals surface area (Å²) in [5.41, 5.74) is 0.561. The molecule has 2 amide bonds. The van der Waals surface area contributed by atoms with Crippen molar-refractivity contribution in [1.82, 2.24) is 9.80 Å². The third-order valence-corrected chi connectivity index (χ3v) is 9.28. The molecule has 2 aliphatic rings. The molecule has 0 radical (unpaired) electrons. The summed E-state index contributed by atoms with van der Waals surface area (Å²) >= 11 is 0. The zero-order valence-electron chi connectivity index (χ0n) is 23.8. The third-order valence-electron chi connectivity index (χ3n) is 9.28. The van der Waals surface area contributed by atoms with Gasteiger partial charge in [0.05, 0.1) is 6.54 Å². The van der Waals surface area contributed by atoms with Crippen molar-refractivity contribution in [2.75, 3.05) is 26.2 Å². The zero-order valence-corrected chi connectivity index (χ0v) is 23.8. The summed E-state index contributed by atoms with van der Waals surface area (Å²) in [5.74, 6) is -1.31. The summed E-state index contributed by atoms with van der Waals surface area (Å²) in [6.45, 7) is 1.27. The first-order valence-electron chi connectivity index (χ1n) is 14.7. The van der Waals surface area contributed by atoms with Crippen molar-refractivity contribution in [3.63, 3.8) is 0 Å². The molecular weight excluding hydrogens is 546 g/mol. The number of benzene rings is 4. The molecule has 0 unspecified atom stereocenters. The van der Waals surface area contributed by atoms with Crippen molar-refractivity contribution in [1.29, 1.82) is 0 Å². The molecule has 0 saturated carbocycles. The minimum atomic E-state index is -1.48. The van der Waals surface area contributed by atoms with E-state index in [4.69, 9.17) is 0 Å². The molecule has 7 heteroatoms. The Kier molecular flexibility index (Phi) is 7.84. The average Bonchev–Trinajstić information content (AvgIpc) is 3.38. The van der Waals surface area contributed by atoms with Crippen LogP contribution in [0.3, 0.4) is 0 Å². The van der Waals surface area contributed by atoms with Crippen LogP contribution in [-0.4, -0.2) is 52.9 Å². The number of hydrogen-bond donors (Lipinski definition) is 1. The summed E-state index contributed by atoms with van der Waals surface area (Å²) in [7, 11) is 0. The summed E-state index contributed by atoms with van der Waals surface area (Å²) in [6, 6.07) is 31.0. The molecule has 4 aromatic rings. The van der Waals surface area contributed by atoms with Crippen molar-refractivity contribution in [3.8, 4) is 0 Å².